The summed E-state index contributed by atoms with van der Waals surface area (Å²) in [5.41, 5.74) is 2.88. The quantitative estimate of drug-likeness (QED) is 0.375. The molecule has 6 nitrogen and oxygen atoms in total. The molecule has 3 N–H and O–H groups in total. The highest BCUT2D eigenvalue weighted by Crippen LogP contribution is 2.32. The minimum atomic E-state index is -0.408. The lowest BCUT2D eigenvalue weighted by Crippen LogP contribution is -2.45. The molecule has 2 rings (SSSR count). The Bertz CT molecular complexity index is 576. The van der Waals surface area contributed by atoms with Gasteiger partial charge in [0, 0.05) is 18.4 Å². The zero-order valence-electron chi connectivity index (χ0n) is 12.2. The Labute approximate surface area is 123 Å². The van der Waals surface area contributed by atoms with Gasteiger partial charge in [-0.2, -0.15) is 0 Å². The van der Waals surface area contributed by atoms with Gasteiger partial charge >= 0.3 is 0 Å². The maximum atomic E-state index is 12.1. The van der Waals surface area contributed by atoms with E-state index in [0.717, 1.165) is 5.56 Å². The molecule has 0 bridgehead atoms. The van der Waals surface area contributed by atoms with Crippen LogP contribution in [0.5, 0.6) is 0 Å². The van der Waals surface area contributed by atoms with Crippen LogP contribution in [0.15, 0.2) is 24.3 Å². The standard InChI is InChI=1S/C15H19N3O3/c1-15(2)7-12(19)18(13(20)8-15)9-10-4-3-5-11(6-10)14(21)17-16/h3-6H,7-9,16H2,1-2H3,(H,17,21). The average molecular weight is 289 g/mol. The molecule has 1 fully saturated rings. The van der Waals surface area contributed by atoms with Gasteiger partial charge in [0.05, 0.1) is 6.54 Å². The molecule has 0 unspecified atom stereocenters. The van der Waals surface area contributed by atoms with Gasteiger partial charge in [0.2, 0.25) is 11.8 Å². The highest BCUT2D eigenvalue weighted by Gasteiger charge is 2.37. The van der Waals surface area contributed by atoms with E-state index in [1.54, 1.807) is 24.3 Å². The van der Waals surface area contributed by atoms with Gasteiger partial charge < -0.3 is 0 Å². The lowest BCUT2D eigenvalue weighted by Gasteiger charge is -2.34. The second-order valence-corrected chi connectivity index (χ2v) is 6.07. The number of likely N-dealkylation sites (tertiary alicyclic amines) is 1. The van der Waals surface area contributed by atoms with Crippen molar-refractivity contribution in [2.75, 3.05) is 0 Å². The van der Waals surface area contributed by atoms with Crippen LogP contribution in [-0.4, -0.2) is 22.6 Å². The van der Waals surface area contributed by atoms with E-state index in [4.69, 9.17) is 5.84 Å². The second kappa shape index (κ2) is 5.65. The number of nitrogens with two attached hydrogens (primary N) is 1. The van der Waals surface area contributed by atoms with E-state index in [-0.39, 0.29) is 23.8 Å². The summed E-state index contributed by atoms with van der Waals surface area (Å²) in [5, 5.41) is 0. The lowest BCUT2D eigenvalue weighted by atomic mass is 9.81. The molecule has 1 aliphatic heterocycles. The zero-order chi connectivity index (χ0) is 15.6. The van der Waals surface area contributed by atoms with Crippen LogP contribution in [0.3, 0.4) is 0 Å². The molecular weight excluding hydrogens is 270 g/mol. The smallest absolute Gasteiger partial charge is 0.265 e. The van der Waals surface area contributed by atoms with Gasteiger partial charge in [0.25, 0.3) is 5.91 Å². The Morgan fingerprint density at radius 1 is 1.29 bits per heavy atom. The number of amides is 3. The summed E-state index contributed by atoms with van der Waals surface area (Å²) < 4.78 is 0. The molecule has 1 saturated heterocycles. The first kappa shape index (κ1) is 15.2. The van der Waals surface area contributed by atoms with Crippen molar-refractivity contribution >= 4 is 17.7 Å². The summed E-state index contributed by atoms with van der Waals surface area (Å²) in [4.78, 5) is 37.0. The van der Waals surface area contributed by atoms with Crippen molar-refractivity contribution in [3.8, 4) is 0 Å². The van der Waals surface area contributed by atoms with Gasteiger partial charge in [-0.15, -0.1) is 0 Å². The Morgan fingerprint density at radius 2 is 1.90 bits per heavy atom. The molecule has 6 heteroatoms. The summed E-state index contributed by atoms with van der Waals surface area (Å²) in [5.74, 6) is 4.33. The largest absolute Gasteiger partial charge is 0.290 e. The molecule has 1 aliphatic rings. The molecule has 3 amide bonds. The summed E-state index contributed by atoms with van der Waals surface area (Å²) in [6.07, 6.45) is 0.698. The fraction of sp³-hybridized carbons (Fsp3) is 0.400. The van der Waals surface area contributed by atoms with Gasteiger partial charge in [-0.05, 0) is 23.1 Å². The van der Waals surface area contributed by atoms with Crippen LogP contribution >= 0.6 is 0 Å². The van der Waals surface area contributed by atoms with Gasteiger partial charge in [-0.3, -0.25) is 24.7 Å². The normalized spacial score (nSPS) is 17.8. The highest BCUT2D eigenvalue weighted by atomic mass is 16.2. The first-order chi connectivity index (χ1) is 9.82. The van der Waals surface area contributed by atoms with Gasteiger partial charge in [0.1, 0.15) is 0 Å². The van der Waals surface area contributed by atoms with Crippen molar-refractivity contribution in [2.24, 2.45) is 11.3 Å². The number of nitrogens with zero attached hydrogens (tertiary/aromatic N) is 1. The number of carbonyl (C=O) groups excluding carboxylic acids is 3. The third kappa shape index (κ3) is 3.46. The summed E-state index contributed by atoms with van der Waals surface area (Å²) in [7, 11) is 0. The maximum absolute atomic E-state index is 12.1. The van der Waals surface area contributed by atoms with Crippen molar-refractivity contribution in [2.45, 2.75) is 33.2 Å². The molecule has 0 aliphatic carbocycles. The predicted octanol–water partition coefficient (Wildman–Crippen LogP) is 0.965. The zero-order valence-corrected chi connectivity index (χ0v) is 12.2. The van der Waals surface area contributed by atoms with E-state index < -0.39 is 5.91 Å². The van der Waals surface area contributed by atoms with E-state index in [9.17, 15) is 14.4 Å². The number of piperidine rings is 1. The average Bonchev–Trinajstić information content (AvgIpc) is 2.41. The van der Waals surface area contributed by atoms with Crippen molar-refractivity contribution in [3.63, 3.8) is 0 Å². The minimum Gasteiger partial charge on any atom is -0.290 e. The first-order valence-corrected chi connectivity index (χ1v) is 6.75. The minimum absolute atomic E-state index is 0.176. The lowest BCUT2D eigenvalue weighted by molar-refractivity contribution is -0.153. The molecule has 0 saturated carbocycles. The number of rotatable bonds is 3. The topological polar surface area (TPSA) is 92.5 Å². The molecule has 112 valence electrons. The molecule has 0 aromatic heterocycles. The van der Waals surface area contributed by atoms with Crippen molar-refractivity contribution in [1.29, 1.82) is 0 Å². The van der Waals surface area contributed by atoms with Crippen molar-refractivity contribution in [3.05, 3.63) is 35.4 Å². The Morgan fingerprint density at radius 3 is 2.48 bits per heavy atom. The SMILES string of the molecule is CC1(C)CC(=O)N(Cc2cccc(C(=O)NN)c2)C(=O)C1. The van der Waals surface area contributed by atoms with Crippen LogP contribution in [0, 0.1) is 5.41 Å². The molecule has 21 heavy (non-hydrogen) atoms. The fourth-order valence-electron chi connectivity index (χ4n) is 2.46. The van der Waals surface area contributed by atoms with E-state index >= 15 is 0 Å². The number of imide groups is 1. The number of nitrogens with one attached hydrogen (secondary N) is 1. The van der Waals surface area contributed by atoms with E-state index in [1.807, 2.05) is 13.8 Å². The Balaban J connectivity index is 2.17. The number of nitrogen functional groups attached to an aromatic ring is 1. The van der Waals surface area contributed by atoms with Crippen LogP contribution in [0.2, 0.25) is 0 Å². The number of hydrogen-bond acceptors (Lipinski definition) is 4. The van der Waals surface area contributed by atoms with E-state index in [0.29, 0.717) is 18.4 Å². The maximum Gasteiger partial charge on any atom is 0.265 e. The third-order valence-electron chi connectivity index (χ3n) is 3.52. The van der Waals surface area contributed by atoms with E-state index in [2.05, 4.69) is 5.43 Å². The molecule has 1 aromatic rings. The van der Waals surface area contributed by atoms with Crippen LogP contribution in [-0.2, 0) is 16.1 Å². The van der Waals surface area contributed by atoms with Crippen molar-refractivity contribution in [1.82, 2.24) is 10.3 Å². The Hall–Kier alpha value is -2.21. The van der Waals surface area contributed by atoms with Crippen LogP contribution in [0.4, 0.5) is 0 Å². The van der Waals surface area contributed by atoms with Crippen LogP contribution < -0.4 is 11.3 Å². The van der Waals surface area contributed by atoms with E-state index in [1.165, 1.54) is 4.90 Å². The molecular formula is C15H19N3O3. The van der Waals surface area contributed by atoms with Crippen LogP contribution in [0.1, 0.15) is 42.6 Å². The summed E-state index contributed by atoms with van der Waals surface area (Å²) in [6.45, 7) is 4.00. The molecule has 0 atom stereocenters. The van der Waals surface area contributed by atoms with Crippen molar-refractivity contribution < 1.29 is 14.4 Å². The second-order valence-electron chi connectivity index (χ2n) is 6.07. The molecule has 0 radical (unpaired) electrons. The molecule has 0 spiro atoms. The fourth-order valence-corrected chi connectivity index (χ4v) is 2.46. The van der Waals surface area contributed by atoms with Crippen LogP contribution in [0.25, 0.3) is 0 Å². The van der Waals surface area contributed by atoms with Gasteiger partial charge in [-0.25, -0.2) is 5.84 Å². The first-order valence-electron chi connectivity index (χ1n) is 6.75. The number of hydrogen-bond donors (Lipinski definition) is 2. The number of hydrazine groups is 1. The third-order valence-corrected chi connectivity index (χ3v) is 3.52. The summed E-state index contributed by atoms with van der Waals surface area (Å²) >= 11 is 0. The molecule has 1 heterocycles. The Kier molecular flexibility index (Phi) is 4.09. The van der Waals surface area contributed by atoms with Gasteiger partial charge in [-0.1, -0.05) is 26.0 Å². The van der Waals surface area contributed by atoms with Gasteiger partial charge in [0.15, 0.2) is 0 Å². The highest BCUT2D eigenvalue weighted by molar-refractivity contribution is 5.98. The molecule has 1 aromatic carbocycles. The predicted molar refractivity (Wildman–Crippen MR) is 76.7 cm³/mol. The number of benzene rings is 1. The monoisotopic (exact) mass is 289 g/mol. The number of carbonyl (C=O) groups is 3. The summed E-state index contributed by atoms with van der Waals surface area (Å²) in [6, 6.07) is 6.72.